The molecule has 1 N–H and O–H groups in total. The van der Waals surface area contributed by atoms with Gasteiger partial charge in [0.25, 0.3) is 0 Å². The Kier molecular flexibility index (Phi) is 3.94. The number of rotatable bonds is 1. The van der Waals surface area contributed by atoms with E-state index in [9.17, 15) is 31.1 Å². The van der Waals surface area contributed by atoms with Gasteiger partial charge in [0.1, 0.15) is 11.3 Å². The average molecular weight is 336 g/mol. The summed E-state index contributed by atoms with van der Waals surface area (Å²) < 4.78 is 75.9. The van der Waals surface area contributed by atoms with Gasteiger partial charge in [0.05, 0.1) is 4.47 Å². The molecule has 0 aliphatic carbocycles. The maximum absolute atomic E-state index is 13.5. The van der Waals surface area contributed by atoms with Crippen molar-refractivity contribution in [3.05, 3.63) is 27.5 Å². The number of halogens is 7. The summed E-state index contributed by atoms with van der Waals surface area (Å²) >= 11 is 2.13. The third-order valence-electron chi connectivity index (χ3n) is 1.85. The minimum absolute atomic E-state index is 0.812. The number of amides is 1. The zero-order valence-corrected chi connectivity index (χ0v) is 10.1. The van der Waals surface area contributed by atoms with Gasteiger partial charge in [-0.15, -0.1) is 0 Å². The molecule has 1 aromatic rings. The van der Waals surface area contributed by atoms with Gasteiger partial charge in [0.2, 0.25) is 5.91 Å². The zero-order valence-electron chi connectivity index (χ0n) is 8.55. The van der Waals surface area contributed by atoms with Crippen LogP contribution in [0.25, 0.3) is 0 Å². The first-order chi connectivity index (χ1) is 8.07. The maximum Gasteiger partial charge on any atom is 0.420 e. The number of nitrogens with one attached hydrogen (secondary N) is 1. The lowest BCUT2D eigenvalue weighted by Gasteiger charge is -2.15. The van der Waals surface area contributed by atoms with Gasteiger partial charge in [-0.05, 0) is 15.9 Å². The first kappa shape index (κ1) is 14.8. The molecule has 0 radical (unpaired) electrons. The molecule has 0 saturated heterocycles. The van der Waals surface area contributed by atoms with E-state index in [4.69, 9.17) is 0 Å². The lowest BCUT2D eigenvalue weighted by molar-refractivity contribution is -0.140. The molecule has 0 aliphatic heterocycles. The normalized spacial score (nSPS) is 11.6. The Morgan fingerprint density at radius 2 is 1.61 bits per heavy atom. The smallest absolute Gasteiger partial charge is 0.321 e. The second-order valence-electron chi connectivity index (χ2n) is 3.18. The third kappa shape index (κ3) is 2.60. The first-order valence-corrected chi connectivity index (χ1v) is 5.07. The van der Waals surface area contributed by atoms with E-state index < -0.39 is 45.3 Å². The SMILES string of the molecule is CC(=O)Nc1c(F)c(F)c(Br)c(C(F)(F)F)c1F. The van der Waals surface area contributed by atoms with Crippen molar-refractivity contribution < 1.29 is 31.1 Å². The molecule has 2 nitrogen and oxygen atoms in total. The fraction of sp³-hybridized carbons (Fsp3) is 0.222. The lowest BCUT2D eigenvalue weighted by atomic mass is 10.1. The quantitative estimate of drug-likeness (QED) is 0.471. The van der Waals surface area contributed by atoms with Crippen LogP contribution in [0.1, 0.15) is 12.5 Å². The van der Waals surface area contributed by atoms with Crippen molar-refractivity contribution in [2.75, 3.05) is 5.32 Å². The van der Waals surface area contributed by atoms with Gasteiger partial charge < -0.3 is 5.32 Å². The lowest BCUT2D eigenvalue weighted by Crippen LogP contribution is -2.17. The minimum atomic E-state index is -5.25. The summed E-state index contributed by atoms with van der Waals surface area (Å²) in [5.41, 5.74) is -3.50. The van der Waals surface area contributed by atoms with Crippen molar-refractivity contribution in [1.29, 1.82) is 0 Å². The Morgan fingerprint density at radius 3 is 2.00 bits per heavy atom. The van der Waals surface area contributed by atoms with E-state index in [0.717, 1.165) is 6.92 Å². The number of hydrogen-bond donors (Lipinski definition) is 1. The van der Waals surface area contributed by atoms with Crippen LogP contribution in [-0.2, 0) is 11.0 Å². The zero-order chi connectivity index (χ0) is 14.2. The highest BCUT2D eigenvalue weighted by Gasteiger charge is 2.41. The van der Waals surface area contributed by atoms with Gasteiger partial charge in [0.15, 0.2) is 17.5 Å². The molecule has 0 atom stereocenters. The summed E-state index contributed by atoms with van der Waals surface area (Å²) in [6.45, 7) is 0.812. The third-order valence-corrected chi connectivity index (χ3v) is 2.59. The van der Waals surface area contributed by atoms with Crippen molar-refractivity contribution in [2.45, 2.75) is 13.1 Å². The molecule has 1 rings (SSSR count). The number of alkyl halides is 3. The van der Waals surface area contributed by atoms with Crippen LogP contribution < -0.4 is 5.32 Å². The van der Waals surface area contributed by atoms with Gasteiger partial charge >= 0.3 is 6.18 Å². The Balaban J connectivity index is 3.65. The highest BCUT2D eigenvalue weighted by molar-refractivity contribution is 9.10. The summed E-state index contributed by atoms with van der Waals surface area (Å²) in [5, 5.41) is 1.47. The fourth-order valence-corrected chi connectivity index (χ4v) is 1.74. The summed E-state index contributed by atoms with van der Waals surface area (Å²) in [5.74, 6) is -6.99. The van der Waals surface area contributed by atoms with Gasteiger partial charge in [-0.2, -0.15) is 13.2 Å². The topological polar surface area (TPSA) is 29.1 Å². The summed E-state index contributed by atoms with van der Waals surface area (Å²) in [6.07, 6.45) is -5.25. The molecular formula is C9H4BrF6NO. The molecule has 18 heavy (non-hydrogen) atoms. The molecule has 0 saturated carbocycles. The molecule has 1 aromatic carbocycles. The predicted octanol–water partition coefficient (Wildman–Crippen LogP) is 3.84. The van der Waals surface area contributed by atoms with E-state index in [2.05, 4.69) is 15.9 Å². The largest absolute Gasteiger partial charge is 0.420 e. The molecule has 0 spiro atoms. The van der Waals surface area contributed by atoms with E-state index in [1.54, 1.807) is 0 Å². The summed E-state index contributed by atoms with van der Waals surface area (Å²) in [6, 6.07) is 0. The number of carbonyl (C=O) groups is 1. The van der Waals surface area contributed by atoms with Gasteiger partial charge in [0, 0.05) is 6.92 Å². The highest BCUT2D eigenvalue weighted by atomic mass is 79.9. The molecule has 0 heterocycles. The number of anilines is 1. The molecule has 0 fully saturated rings. The highest BCUT2D eigenvalue weighted by Crippen LogP contribution is 2.42. The van der Waals surface area contributed by atoms with Crippen LogP contribution in [0, 0.1) is 17.5 Å². The van der Waals surface area contributed by atoms with E-state index in [1.165, 1.54) is 5.32 Å². The fourth-order valence-electron chi connectivity index (χ4n) is 1.17. The molecule has 0 bridgehead atoms. The maximum atomic E-state index is 13.5. The molecular weight excluding hydrogens is 332 g/mol. The van der Waals surface area contributed by atoms with Crippen molar-refractivity contribution in [1.82, 2.24) is 0 Å². The first-order valence-electron chi connectivity index (χ1n) is 4.28. The van der Waals surface area contributed by atoms with Crippen LogP contribution in [-0.4, -0.2) is 5.91 Å². The standard InChI is InChI=1S/C9H4BrF6NO/c1-2(18)17-8-5(11)3(9(14,15)16)4(10)6(12)7(8)13/h1H3,(H,17,18). The Hall–Kier alpha value is -1.25. The van der Waals surface area contributed by atoms with E-state index in [-0.39, 0.29) is 0 Å². The van der Waals surface area contributed by atoms with Crippen LogP contribution in [0.4, 0.5) is 32.0 Å². The van der Waals surface area contributed by atoms with Gasteiger partial charge in [-0.25, -0.2) is 13.2 Å². The molecule has 0 unspecified atom stereocenters. The van der Waals surface area contributed by atoms with Crippen LogP contribution in [0.5, 0.6) is 0 Å². The van der Waals surface area contributed by atoms with Crippen LogP contribution in [0.3, 0.4) is 0 Å². The second-order valence-corrected chi connectivity index (χ2v) is 3.98. The number of hydrogen-bond acceptors (Lipinski definition) is 1. The van der Waals surface area contributed by atoms with Gasteiger partial charge in [-0.1, -0.05) is 0 Å². The van der Waals surface area contributed by atoms with Crippen molar-refractivity contribution in [3.8, 4) is 0 Å². The summed E-state index contributed by atoms with van der Waals surface area (Å²) in [4.78, 5) is 10.6. The van der Waals surface area contributed by atoms with Crippen LogP contribution >= 0.6 is 15.9 Å². The molecule has 0 aromatic heterocycles. The Labute approximate surface area is 105 Å². The molecule has 0 aliphatic rings. The van der Waals surface area contributed by atoms with E-state index in [0.29, 0.717) is 0 Å². The molecule has 1 amide bonds. The van der Waals surface area contributed by atoms with Crippen LogP contribution in [0.2, 0.25) is 0 Å². The van der Waals surface area contributed by atoms with Crippen molar-refractivity contribution >= 4 is 27.5 Å². The van der Waals surface area contributed by atoms with Crippen molar-refractivity contribution in [2.24, 2.45) is 0 Å². The minimum Gasteiger partial charge on any atom is -0.321 e. The number of benzene rings is 1. The number of carbonyl (C=O) groups excluding carboxylic acids is 1. The predicted molar refractivity (Wildman–Crippen MR) is 53.3 cm³/mol. The Morgan fingerprint density at radius 1 is 1.11 bits per heavy atom. The van der Waals surface area contributed by atoms with E-state index in [1.807, 2.05) is 0 Å². The summed E-state index contributed by atoms with van der Waals surface area (Å²) in [7, 11) is 0. The second kappa shape index (κ2) is 4.79. The van der Waals surface area contributed by atoms with E-state index >= 15 is 0 Å². The van der Waals surface area contributed by atoms with Gasteiger partial charge in [-0.3, -0.25) is 4.79 Å². The van der Waals surface area contributed by atoms with Crippen LogP contribution in [0.15, 0.2) is 4.47 Å². The molecule has 9 heteroatoms. The average Bonchev–Trinajstić information content (AvgIpc) is 2.19. The Bertz CT molecular complexity index is 513. The molecule has 100 valence electrons. The van der Waals surface area contributed by atoms with Crippen molar-refractivity contribution in [3.63, 3.8) is 0 Å². The monoisotopic (exact) mass is 335 g/mol.